The highest BCUT2D eigenvalue weighted by molar-refractivity contribution is 7.92. The van der Waals surface area contributed by atoms with Gasteiger partial charge in [-0.3, -0.25) is 9.59 Å². The average molecular weight is 557 g/mol. The van der Waals surface area contributed by atoms with Gasteiger partial charge in [-0.1, -0.05) is 18.5 Å². The molecule has 0 spiro atoms. The first-order valence-corrected chi connectivity index (χ1v) is 13.7. The second kappa shape index (κ2) is 10.3. The van der Waals surface area contributed by atoms with Crippen molar-refractivity contribution in [1.82, 2.24) is 5.32 Å². The summed E-state index contributed by atoms with van der Waals surface area (Å²) >= 11 is 6.23. The van der Waals surface area contributed by atoms with Crippen molar-refractivity contribution in [3.8, 4) is 0 Å². The number of nitrogens with one attached hydrogen (secondary N) is 2. The molecule has 2 bridgehead atoms. The number of benzene rings is 2. The number of carbonyl (C=O) groups is 2. The van der Waals surface area contributed by atoms with Crippen LogP contribution in [0.5, 0.6) is 0 Å². The zero-order valence-electron chi connectivity index (χ0n) is 19.9. The van der Waals surface area contributed by atoms with Gasteiger partial charge in [-0.25, -0.2) is 17.2 Å². The van der Waals surface area contributed by atoms with E-state index < -0.39 is 56.0 Å². The maximum absolute atomic E-state index is 13.6. The smallest absolute Gasteiger partial charge is 0.255 e. The molecule has 12 heteroatoms. The lowest BCUT2D eigenvalue weighted by atomic mass is 9.47. The first-order chi connectivity index (χ1) is 17.4. The summed E-state index contributed by atoms with van der Waals surface area (Å²) in [6.45, 7) is 1.75. The third-order valence-corrected chi connectivity index (χ3v) is 10.2. The lowest BCUT2D eigenvalue weighted by Crippen LogP contribution is -2.68. The minimum atomic E-state index is -4.02. The van der Waals surface area contributed by atoms with Crippen LogP contribution in [-0.4, -0.2) is 54.4 Å². The van der Waals surface area contributed by atoms with E-state index in [4.69, 9.17) is 16.7 Å². The molecule has 8 nitrogen and oxygen atoms in total. The molecule has 0 heterocycles. The van der Waals surface area contributed by atoms with Crippen LogP contribution >= 0.6 is 11.6 Å². The minimum Gasteiger partial charge on any atom is -0.395 e. The molecule has 2 aromatic carbocycles. The van der Waals surface area contributed by atoms with E-state index in [-0.39, 0.29) is 59.5 Å². The van der Waals surface area contributed by atoms with E-state index in [0.29, 0.717) is 0 Å². The monoisotopic (exact) mass is 556 g/mol. The average Bonchev–Trinajstić information content (AvgIpc) is 2.85. The normalized spacial score (nSPS) is 26.8. The Balaban J connectivity index is 1.52. The predicted molar refractivity (Wildman–Crippen MR) is 132 cm³/mol. The molecule has 0 radical (unpaired) electrons. The summed E-state index contributed by atoms with van der Waals surface area (Å²) in [7, 11) is -4.02. The molecular weight excluding hydrogens is 530 g/mol. The number of amides is 2. The fraction of sp³-hybridized carbons (Fsp3) is 0.440. The zero-order valence-corrected chi connectivity index (χ0v) is 21.5. The van der Waals surface area contributed by atoms with Gasteiger partial charge in [-0.2, -0.15) is 0 Å². The third kappa shape index (κ3) is 5.09. The van der Waals surface area contributed by atoms with Crippen molar-refractivity contribution in [2.24, 2.45) is 17.8 Å². The summed E-state index contributed by atoms with van der Waals surface area (Å²) in [4.78, 5) is 24.6. The Labute approximate surface area is 217 Å². The number of anilines is 1. The Bertz CT molecular complexity index is 1320. The maximum atomic E-state index is 13.6. The van der Waals surface area contributed by atoms with Crippen LogP contribution < -0.4 is 10.6 Å². The number of hydrogen-bond acceptors (Lipinski definition) is 6. The van der Waals surface area contributed by atoms with E-state index in [1.165, 1.54) is 18.2 Å². The van der Waals surface area contributed by atoms with Crippen LogP contribution in [0.1, 0.15) is 36.5 Å². The third-order valence-electron chi connectivity index (χ3n) is 7.58. The summed E-state index contributed by atoms with van der Waals surface area (Å²) in [6, 6.07) is 6.58. The number of aliphatic hydroxyl groups is 2. The van der Waals surface area contributed by atoms with Crippen molar-refractivity contribution < 1.29 is 37.0 Å². The SMILES string of the molecule is C[C@H]1C2CC(S(=O)(=O)c3cc(C(=O)Nc4ccc(F)c(F)c4)ccc3Cl)CC1[C@@]2(O)CC(=O)NCCO. The van der Waals surface area contributed by atoms with Crippen molar-refractivity contribution in [2.75, 3.05) is 18.5 Å². The largest absolute Gasteiger partial charge is 0.395 e. The van der Waals surface area contributed by atoms with E-state index in [9.17, 15) is 31.9 Å². The van der Waals surface area contributed by atoms with Gasteiger partial charge < -0.3 is 20.8 Å². The summed E-state index contributed by atoms with van der Waals surface area (Å²) in [6.07, 6.45) is 0.0522. The molecule has 200 valence electrons. The molecule has 0 aromatic heterocycles. The Morgan fingerprint density at radius 3 is 2.41 bits per heavy atom. The highest BCUT2D eigenvalue weighted by Crippen LogP contribution is 2.60. The molecule has 3 fully saturated rings. The van der Waals surface area contributed by atoms with Crippen LogP contribution in [0, 0.1) is 29.4 Å². The van der Waals surface area contributed by atoms with Gasteiger partial charge in [0.15, 0.2) is 21.5 Å². The van der Waals surface area contributed by atoms with E-state index in [1.54, 1.807) is 0 Å². The van der Waals surface area contributed by atoms with Crippen LogP contribution in [0.4, 0.5) is 14.5 Å². The summed E-state index contributed by atoms with van der Waals surface area (Å²) in [5.41, 5.74) is -1.38. The quantitative estimate of drug-likeness (QED) is 0.395. The summed E-state index contributed by atoms with van der Waals surface area (Å²) in [5, 5.41) is 24.0. The number of fused-ring (bicyclic) bond motifs is 2. The lowest BCUT2D eigenvalue weighted by molar-refractivity contribution is -0.219. The molecule has 2 aromatic rings. The molecule has 4 N–H and O–H groups in total. The van der Waals surface area contributed by atoms with Gasteiger partial charge in [0.1, 0.15) is 0 Å². The number of hydrogen-bond donors (Lipinski definition) is 4. The Kier molecular flexibility index (Phi) is 7.62. The number of aliphatic hydroxyl groups excluding tert-OH is 1. The molecule has 3 aliphatic carbocycles. The number of halogens is 3. The van der Waals surface area contributed by atoms with E-state index in [1.807, 2.05) is 6.92 Å². The molecule has 2 unspecified atom stereocenters. The molecule has 0 saturated heterocycles. The number of carbonyl (C=O) groups excluding carboxylic acids is 2. The van der Waals surface area contributed by atoms with Gasteiger partial charge in [-0.15, -0.1) is 0 Å². The Hall–Kier alpha value is -2.60. The van der Waals surface area contributed by atoms with Crippen LogP contribution in [0.25, 0.3) is 0 Å². The van der Waals surface area contributed by atoms with Crippen LogP contribution in [0.3, 0.4) is 0 Å². The van der Waals surface area contributed by atoms with Crippen LogP contribution in [0.15, 0.2) is 41.3 Å². The Morgan fingerprint density at radius 2 is 1.78 bits per heavy atom. The molecule has 0 aliphatic heterocycles. The first kappa shape index (κ1) is 27.4. The molecule has 37 heavy (non-hydrogen) atoms. The number of rotatable bonds is 8. The van der Waals surface area contributed by atoms with E-state index in [2.05, 4.69) is 10.6 Å². The highest BCUT2D eigenvalue weighted by Gasteiger charge is 2.64. The van der Waals surface area contributed by atoms with Gasteiger partial charge in [-0.05, 0) is 60.9 Å². The van der Waals surface area contributed by atoms with E-state index >= 15 is 0 Å². The minimum absolute atomic E-state index is 0.00748. The van der Waals surface area contributed by atoms with Crippen LogP contribution in [-0.2, 0) is 14.6 Å². The Morgan fingerprint density at radius 1 is 1.11 bits per heavy atom. The molecule has 5 rings (SSSR count). The van der Waals surface area contributed by atoms with Crippen LogP contribution in [0.2, 0.25) is 5.02 Å². The molecule has 2 amide bonds. The van der Waals surface area contributed by atoms with Gasteiger partial charge in [0.05, 0.1) is 33.8 Å². The predicted octanol–water partition coefficient (Wildman–Crippen LogP) is 2.92. The van der Waals surface area contributed by atoms with Crippen molar-refractivity contribution in [1.29, 1.82) is 0 Å². The molecule has 2 atom stereocenters. The second-order valence-electron chi connectivity index (χ2n) is 9.68. The standard InChI is InChI=1S/C25H27ClF2N2O6S/c1-13-17-10-16(11-18(13)25(17,34)12-23(32)29-6-7-31)37(35,36)22-8-14(2-4-19(22)26)24(33)30-15-3-5-20(27)21(28)9-15/h2-5,8-9,13,16-18,31,34H,6-7,10-12H2,1H3,(H,29,32)(H,30,33)/t13-,16?,17?,18?,25+. The number of sulfone groups is 1. The van der Waals surface area contributed by atoms with Gasteiger partial charge in [0.2, 0.25) is 5.91 Å². The van der Waals surface area contributed by atoms with Crippen molar-refractivity contribution in [2.45, 2.75) is 41.9 Å². The fourth-order valence-corrected chi connectivity index (χ4v) is 8.05. The lowest BCUT2D eigenvalue weighted by Gasteiger charge is -2.62. The van der Waals surface area contributed by atoms with Gasteiger partial charge in [0.25, 0.3) is 5.91 Å². The highest BCUT2D eigenvalue weighted by atomic mass is 35.5. The first-order valence-electron chi connectivity index (χ1n) is 11.8. The topological polar surface area (TPSA) is 133 Å². The van der Waals surface area contributed by atoms with E-state index in [0.717, 1.165) is 18.2 Å². The van der Waals surface area contributed by atoms with Gasteiger partial charge >= 0.3 is 0 Å². The molecule has 3 aliphatic rings. The van der Waals surface area contributed by atoms with Crippen molar-refractivity contribution in [3.05, 3.63) is 58.6 Å². The maximum Gasteiger partial charge on any atom is 0.255 e. The second-order valence-corrected chi connectivity index (χ2v) is 12.3. The molecular formula is C25H27ClF2N2O6S. The van der Waals surface area contributed by atoms with Gasteiger partial charge in [0, 0.05) is 23.9 Å². The van der Waals surface area contributed by atoms with Crippen molar-refractivity contribution in [3.63, 3.8) is 0 Å². The molecule has 3 saturated carbocycles. The summed E-state index contributed by atoms with van der Waals surface area (Å²) in [5.74, 6) is -4.20. The zero-order chi connectivity index (χ0) is 27.1. The summed E-state index contributed by atoms with van der Waals surface area (Å²) < 4.78 is 53.8. The van der Waals surface area contributed by atoms with Crippen molar-refractivity contribution >= 4 is 38.9 Å². The fourth-order valence-electron chi connectivity index (χ4n) is 5.70.